The Labute approximate surface area is 136 Å². The lowest BCUT2D eigenvalue weighted by atomic mass is 10.1. The Morgan fingerprint density at radius 1 is 1.14 bits per heavy atom. The highest BCUT2D eigenvalue weighted by atomic mass is 28.4. The lowest BCUT2D eigenvalue weighted by Gasteiger charge is -2.31. The first-order valence-corrected chi connectivity index (χ1v) is 10.2. The van der Waals surface area contributed by atoms with Crippen LogP contribution in [0.5, 0.6) is 0 Å². The largest absolute Gasteiger partial charge is 0.501 e. The second-order valence-electron chi connectivity index (χ2n) is 5.34. The minimum absolute atomic E-state index is 0.0824. The number of rotatable bonds is 12. The third-order valence-corrected chi connectivity index (χ3v) is 6.58. The van der Waals surface area contributed by atoms with E-state index in [0.29, 0.717) is 13.2 Å². The van der Waals surface area contributed by atoms with Crippen molar-refractivity contribution in [3.63, 3.8) is 0 Å². The Kier molecular flexibility index (Phi) is 9.32. The van der Waals surface area contributed by atoms with Crippen LogP contribution >= 0.6 is 0 Å². The minimum Gasteiger partial charge on any atom is -0.374 e. The molecule has 0 aliphatic heterocycles. The zero-order chi connectivity index (χ0) is 16.3. The molecule has 0 radical (unpaired) electrons. The first-order chi connectivity index (χ1) is 10.7. The second-order valence-corrected chi connectivity index (χ2v) is 8.02. The zero-order valence-electron chi connectivity index (χ0n) is 14.2. The molecule has 0 saturated heterocycles. The third kappa shape index (κ3) is 6.88. The number of benzene rings is 1. The highest BCUT2D eigenvalue weighted by Crippen LogP contribution is 2.22. The molecule has 3 nitrogen and oxygen atoms in total. The molecule has 0 aliphatic carbocycles. The lowest BCUT2D eigenvalue weighted by Crippen LogP contribution is -2.48. The molecular weight excluding hydrogens is 292 g/mol. The van der Waals surface area contributed by atoms with Crippen LogP contribution in [0.3, 0.4) is 0 Å². The number of hydrogen-bond donors (Lipinski definition) is 0. The van der Waals surface area contributed by atoms with Gasteiger partial charge in [0, 0.05) is 19.3 Å². The van der Waals surface area contributed by atoms with Gasteiger partial charge in [-0.3, -0.25) is 0 Å². The summed E-state index contributed by atoms with van der Waals surface area (Å²) in [6.45, 7) is 11.1. The van der Waals surface area contributed by atoms with Crippen LogP contribution in [0.2, 0.25) is 6.04 Å². The van der Waals surface area contributed by atoms with Gasteiger partial charge in [0.15, 0.2) is 0 Å². The van der Waals surface area contributed by atoms with Crippen molar-refractivity contribution in [1.82, 2.24) is 0 Å². The minimum atomic E-state index is -2.60. The normalized spacial score (nSPS) is 13.0. The van der Waals surface area contributed by atoms with Crippen molar-refractivity contribution in [3.8, 4) is 0 Å². The SMILES string of the molecule is C=CCC(C)O[Si](CCCc1ccccc1)(OCC)OCC. The molecule has 1 aromatic rings. The Hall–Kier alpha value is -0.943. The van der Waals surface area contributed by atoms with Gasteiger partial charge in [0.1, 0.15) is 0 Å². The summed E-state index contributed by atoms with van der Waals surface area (Å²) >= 11 is 0. The third-order valence-electron chi connectivity index (χ3n) is 3.40. The quantitative estimate of drug-likeness (QED) is 0.415. The van der Waals surface area contributed by atoms with E-state index in [1.54, 1.807) is 0 Å². The van der Waals surface area contributed by atoms with Crippen molar-refractivity contribution in [2.75, 3.05) is 13.2 Å². The molecule has 1 rings (SSSR count). The van der Waals surface area contributed by atoms with Gasteiger partial charge in [-0.1, -0.05) is 36.4 Å². The van der Waals surface area contributed by atoms with Crippen LogP contribution in [0.1, 0.15) is 39.2 Å². The maximum absolute atomic E-state index is 6.22. The average Bonchev–Trinajstić information content (AvgIpc) is 2.49. The van der Waals surface area contributed by atoms with E-state index in [4.69, 9.17) is 13.3 Å². The van der Waals surface area contributed by atoms with Crippen LogP contribution in [-0.2, 0) is 19.7 Å². The summed E-state index contributed by atoms with van der Waals surface area (Å²) in [4.78, 5) is 0. The lowest BCUT2D eigenvalue weighted by molar-refractivity contribution is 0.0390. The van der Waals surface area contributed by atoms with Gasteiger partial charge < -0.3 is 13.3 Å². The molecule has 1 aromatic carbocycles. The van der Waals surface area contributed by atoms with Gasteiger partial charge in [-0.25, -0.2) is 0 Å². The molecule has 0 saturated carbocycles. The molecular formula is C18H30O3Si. The highest BCUT2D eigenvalue weighted by molar-refractivity contribution is 6.60. The molecule has 124 valence electrons. The Balaban J connectivity index is 2.64. The van der Waals surface area contributed by atoms with Gasteiger partial charge in [0.25, 0.3) is 0 Å². The van der Waals surface area contributed by atoms with Gasteiger partial charge >= 0.3 is 8.80 Å². The van der Waals surface area contributed by atoms with Crippen molar-refractivity contribution in [1.29, 1.82) is 0 Å². The molecule has 0 bridgehead atoms. The van der Waals surface area contributed by atoms with Crippen molar-refractivity contribution in [3.05, 3.63) is 48.6 Å². The van der Waals surface area contributed by atoms with Crippen LogP contribution < -0.4 is 0 Å². The molecule has 1 atom stereocenters. The average molecular weight is 323 g/mol. The van der Waals surface area contributed by atoms with E-state index in [1.807, 2.05) is 26.0 Å². The molecule has 4 heteroatoms. The number of hydrogen-bond acceptors (Lipinski definition) is 3. The van der Waals surface area contributed by atoms with Crippen LogP contribution in [-0.4, -0.2) is 28.1 Å². The van der Waals surface area contributed by atoms with Gasteiger partial charge in [0.05, 0.1) is 6.10 Å². The highest BCUT2D eigenvalue weighted by Gasteiger charge is 2.41. The van der Waals surface area contributed by atoms with E-state index < -0.39 is 8.80 Å². The second kappa shape index (κ2) is 10.7. The van der Waals surface area contributed by atoms with Crippen LogP contribution in [0.15, 0.2) is 43.0 Å². The Bertz CT molecular complexity index is 402. The van der Waals surface area contributed by atoms with Crippen molar-refractivity contribution < 1.29 is 13.3 Å². The monoisotopic (exact) mass is 322 g/mol. The topological polar surface area (TPSA) is 27.7 Å². The predicted molar refractivity (Wildman–Crippen MR) is 93.9 cm³/mol. The summed E-state index contributed by atoms with van der Waals surface area (Å²) in [6.07, 6.45) is 4.81. The van der Waals surface area contributed by atoms with Gasteiger partial charge in [-0.15, -0.1) is 6.58 Å². The van der Waals surface area contributed by atoms with E-state index >= 15 is 0 Å². The fourth-order valence-corrected chi connectivity index (χ4v) is 5.32. The predicted octanol–water partition coefficient (Wildman–Crippen LogP) is 4.61. The maximum atomic E-state index is 6.22. The summed E-state index contributed by atoms with van der Waals surface area (Å²) in [5.74, 6) is 0. The molecule has 0 heterocycles. The van der Waals surface area contributed by atoms with E-state index in [9.17, 15) is 0 Å². The fraction of sp³-hybridized carbons (Fsp3) is 0.556. The molecule has 0 N–H and O–H groups in total. The Morgan fingerprint density at radius 3 is 2.32 bits per heavy atom. The van der Waals surface area contributed by atoms with Gasteiger partial charge in [-0.2, -0.15) is 0 Å². The summed E-state index contributed by atoms with van der Waals surface area (Å²) in [5.41, 5.74) is 1.34. The van der Waals surface area contributed by atoms with Crippen molar-refractivity contribution >= 4 is 8.80 Å². The summed E-state index contributed by atoms with van der Waals surface area (Å²) in [7, 11) is -2.60. The molecule has 0 amide bonds. The van der Waals surface area contributed by atoms with E-state index in [-0.39, 0.29) is 6.10 Å². The molecule has 0 spiro atoms. The van der Waals surface area contributed by atoms with Gasteiger partial charge in [-0.05, 0) is 45.6 Å². The Morgan fingerprint density at radius 2 is 1.77 bits per heavy atom. The summed E-state index contributed by atoms with van der Waals surface area (Å²) in [5, 5.41) is 0. The zero-order valence-corrected chi connectivity index (χ0v) is 15.2. The maximum Gasteiger partial charge on any atom is 0.501 e. The number of aryl methyl sites for hydroxylation is 1. The summed E-state index contributed by atoms with van der Waals surface area (Å²) in [6, 6.07) is 11.4. The fourth-order valence-electron chi connectivity index (χ4n) is 2.50. The van der Waals surface area contributed by atoms with E-state index in [1.165, 1.54) is 5.56 Å². The van der Waals surface area contributed by atoms with Gasteiger partial charge in [0.2, 0.25) is 0 Å². The van der Waals surface area contributed by atoms with Crippen LogP contribution in [0.4, 0.5) is 0 Å². The summed E-state index contributed by atoms with van der Waals surface area (Å²) < 4.78 is 18.2. The molecule has 1 unspecified atom stereocenters. The van der Waals surface area contributed by atoms with Crippen molar-refractivity contribution in [2.24, 2.45) is 0 Å². The van der Waals surface area contributed by atoms with Crippen molar-refractivity contribution in [2.45, 2.75) is 52.2 Å². The molecule has 22 heavy (non-hydrogen) atoms. The molecule has 0 aromatic heterocycles. The first kappa shape index (κ1) is 19.1. The standard InChI is InChI=1S/C18H30O3Si/c1-5-12-17(4)21-22(19-6-2,20-7-3)16-11-15-18-13-9-8-10-14-18/h5,8-10,13-14,17H,1,6-7,11-12,15-16H2,2-4H3. The molecule has 0 aliphatic rings. The van der Waals surface area contributed by atoms with Crippen LogP contribution in [0, 0.1) is 0 Å². The van der Waals surface area contributed by atoms with Crippen LogP contribution in [0.25, 0.3) is 0 Å². The van der Waals surface area contributed by atoms with E-state index in [0.717, 1.165) is 25.3 Å². The molecule has 0 fully saturated rings. The smallest absolute Gasteiger partial charge is 0.374 e. The first-order valence-electron chi connectivity index (χ1n) is 8.26. The van der Waals surface area contributed by atoms with E-state index in [2.05, 4.69) is 37.8 Å².